The standard InChI is InChI=1S/C17H10F4N4O2/c18-10-1-3-11(4-2-10)23-15(26)13-7-8-25(24-16(13)27)12-5-6-14(22-9-12)17(19,20)21/h1-9H,(H-,23,24,26,27)/p+1. The predicted octanol–water partition coefficient (Wildman–Crippen LogP) is 2.87. The molecule has 0 atom stereocenters. The van der Waals surface area contributed by atoms with Gasteiger partial charge in [0.15, 0.2) is 0 Å². The van der Waals surface area contributed by atoms with Crippen LogP contribution < -0.4 is 10.00 Å². The van der Waals surface area contributed by atoms with E-state index in [-0.39, 0.29) is 11.3 Å². The first-order valence-corrected chi connectivity index (χ1v) is 7.46. The van der Waals surface area contributed by atoms with Crippen LogP contribution in [0.1, 0.15) is 16.1 Å². The summed E-state index contributed by atoms with van der Waals surface area (Å²) in [5, 5.41) is 16.2. The van der Waals surface area contributed by atoms with E-state index in [0.717, 1.165) is 35.1 Å². The van der Waals surface area contributed by atoms with Crippen molar-refractivity contribution in [3.05, 3.63) is 71.9 Å². The maximum Gasteiger partial charge on any atom is 0.433 e. The number of hydrogen-bond donors (Lipinski definition) is 2. The van der Waals surface area contributed by atoms with Gasteiger partial charge in [-0.2, -0.15) is 13.2 Å². The van der Waals surface area contributed by atoms with Crippen LogP contribution in [0.4, 0.5) is 23.2 Å². The Morgan fingerprint density at radius 3 is 2.33 bits per heavy atom. The van der Waals surface area contributed by atoms with Crippen molar-refractivity contribution in [2.45, 2.75) is 6.18 Å². The van der Waals surface area contributed by atoms with Gasteiger partial charge in [-0.15, -0.1) is 0 Å². The average molecular weight is 379 g/mol. The van der Waals surface area contributed by atoms with Gasteiger partial charge in [0.25, 0.3) is 17.5 Å². The Hall–Kier alpha value is -3.56. The lowest BCUT2D eigenvalue weighted by Gasteiger charge is -2.06. The average Bonchev–Trinajstić information content (AvgIpc) is 2.63. The fourth-order valence-electron chi connectivity index (χ4n) is 2.15. The van der Waals surface area contributed by atoms with Crippen molar-refractivity contribution in [3.8, 4) is 11.6 Å². The Kier molecular flexibility index (Phi) is 4.72. The number of carbonyl (C=O) groups excluding carboxylic acids is 1. The molecular weight excluding hydrogens is 368 g/mol. The Morgan fingerprint density at radius 2 is 1.78 bits per heavy atom. The third-order valence-electron chi connectivity index (χ3n) is 3.48. The number of pyridine rings is 1. The molecule has 0 aliphatic rings. The molecular formula is C17H11F4N4O2+. The molecule has 0 aliphatic carbocycles. The largest absolute Gasteiger partial charge is 0.489 e. The second kappa shape index (κ2) is 6.98. The first-order valence-electron chi connectivity index (χ1n) is 7.46. The third-order valence-corrected chi connectivity index (χ3v) is 3.48. The van der Waals surface area contributed by atoms with Crippen molar-refractivity contribution < 1.29 is 32.1 Å². The summed E-state index contributed by atoms with van der Waals surface area (Å²) in [6, 6.07) is 8.13. The van der Waals surface area contributed by atoms with Crippen LogP contribution in [-0.2, 0) is 6.18 Å². The van der Waals surface area contributed by atoms with E-state index < -0.39 is 29.5 Å². The number of alkyl halides is 3. The molecule has 0 fully saturated rings. The van der Waals surface area contributed by atoms with E-state index in [2.05, 4.69) is 15.4 Å². The Balaban J connectivity index is 1.81. The Morgan fingerprint density at radius 1 is 1.07 bits per heavy atom. The van der Waals surface area contributed by atoms with Crippen LogP contribution in [0.5, 0.6) is 5.88 Å². The number of nitrogens with zero attached hydrogens (tertiary/aromatic N) is 3. The fraction of sp³-hybridized carbons (Fsp3) is 0.0588. The van der Waals surface area contributed by atoms with Gasteiger partial charge in [-0.25, -0.2) is 9.37 Å². The number of aromatic nitrogens is 3. The molecule has 6 nitrogen and oxygen atoms in total. The molecule has 0 bridgehead atoms. The molecule has 0 aliphatic heterocycles. The van der Waals surface area contributed by atoms with Crippen molar-refractivity contribution in [3.63, 3.8) is 0 Å². The van der Waals surface area contributed by atoms with Crippen LogP contribution in [0.15, 0.2) is 54.9 Å². The highest BCUT2D eigenvalue weighted by molar-refractivity contribution is 6.05. The maximum absolute atomic E-state index is 12.9. The molecule has 0 unspecified atom stereocenters. The van der Waals surface area contributed by atoms with E-state index in [4.69, 9.17) is 0 Å². The number of benzene rings is 1. The van der Waals surface area contributed by atoms with Crippen molar-refractivity contribution in [1.29, 1.82) is 0 Å². The normalized spacial score (nSPS) is 11.3. The topological polar surface area (TPSA) is 79.0 Å². The summed E-state index contributed by atoms with van der Waals surface area (Å²) in [6.45, 7) is 0. The molecule has 3 rings (SSSR count). The van der Waals surface area contributed by atoms with Gasteiger partial charge in [0, 0.05) is 22.9 Å². The summed E-state index contributed by atoms with van der Waals surface area (Å²) in [4.78, 5) is 15.5. The summed E-state index contributed by atoms with van der Waals surface area (Å²) < 4.78 is 51.6. The first kappa shape index (κ1) is 18.2. The highest BCUT2D eigenvalue weighted by Crippen LogP contribution is 2.27. The monoisotopic (exact) mass is 379 g/mol. The molecule has 1 amide bonds. The SMILES string of the molecule is O=C(Nc1ccc(F)cc1)c1cc[n+](-c2ccc(C(F)(F)F)nc2)nc1O. The minimum atomic E-state index is -4.57. The van der Waals surface area contributed by atoms with Crippen LogP contribution in [0.3, 0.4) is 0 Å². The smallest absolute Gasteiger partial charge is 0.433 e. The van der Waals surface area contributed by atoms with Crippen LogP contribution in [-0.4, -0.2) is 21.1 Å². The summed E-state index contributed by atoms with van der Waals surface area (Å²) in [5.41, 5.74) is -0.768. The highest BCUT2D eigenvalue weighted by Gasteiger charge is 2.32. The minimum absolute atomic E-state index is 0.156. The van der Waals surface area contributed by atoms with Crippen molar-refractivity contribution in [2.75, 3.05) is 5.32 Å². The molecule has 0 radical (unpaired) electrons. The number of carbonyl (C=O) groups is 1. The van der Waals surface area contributed by atoms with Crippen LogP contribution in [0, 0.1) is 5.82 Å². The van der Waals surface area contributed by atoms with E-state index in [1.165, 1.54) is 24.4 Å². The lowest BCUT2D eigenvalue weighted by Crippen LogP contribution is -2.35. The summed E-state index contributed by atoms with van der Waals surface area (Å²) in [5.74, 6) is -1.80. The quantitative estimate of drug-likeness (QED) is 0.542. The lowest BCUT2D eigenvalue weighted by atomic mass is 10.2. The second-order valence-corrected chi connectivity index (χ2v) is 5.36. The predicted molar refractivity (Wildman–Crippen MR) is 84.6 cm³/mol. The fourth-order valence-corrected chi connectivity index (χ4v) is 2.15. The van der Waals surface area contributed by atoms with Crippen molar-refractivity contribution in [1.82, 2.24) is 10.1 Å². The van der Waals surface area contributed by atoms with E-state index in [9.17, 15) is 27.5 Å². The number of nitrogens with one attached hydrogen (secondary N) is 1. The maximum atomic E-state index is 12.9. The van der Waals surface area contributed by atoms with Crippen LogP contribution >= 0.6 is 0 Å². The van der Waals surface area contributed by atoms with E-state index in [0.29, 0.717) is 5.69 Å². The zero-order chi connectivity index (χ0) is 19.6. The number of amides is 1. The summed E-state index contributed by atoms with van der Waals surface area (Å²) in [6.07, 6.45) is -2.35. The molecule has 0 saturated carbocycles. The number of halogens is 4. The van der Waals surface area contributed by atoms with Gasteiger partial charge < -0.3 is 10.4 Å². The van der Waals surface area contributed by atoms with Gasteiger partial charge in [-0.1, -0.05) is 0 Å². The van der Waals surface area contributed by atoms with E-state index >= 15 is 0 Å². The molecule has 3 aromatic rings. The van der Waals surface area contributed by atoms with Crippen LogP contribution in [0.2, 0.25) is 0 Å². The summed E-state index contributed by atoms with van der Waals surface area (Å²) >= 11 is 0. The van der Waals surface area contributed by atoms with E-state index in [1.807, 2.05) is 0 Å². The molecule has 2 N–H and O–H groups in total. The zero-order valence-electron chi connectivity index (χ0n) is 13.4. The van der Waals surface area contributed by atoms with Gasteiger partial charge in [0.1, 0.15) is 23.3 Å². The molecule has 27 heavy (non-hydrogen) atoms. The van der Waals surface area contributed by atoms with Crippen LogP contribution in [0.25, 0.3) is 5.69 Å². The zero-order valence-corrected chi connectivity index (χ0v) is 13.4. The molecule has 138 valence electrons. The van der Waals surface area contributed by atoms with E-state index in [1.54, 1.807) is 0 Å². The number of hydrogen-bond acceptors (Lipinski definition) is 4. The third kappa shape index (κ3) is 4.17. The molecule has 0 saturated heterocycles. The Labute approximate surface area is 149 Å². The van der Waals surface area contributed by atoms with Crippen molar-refractivity contribution >= 4 is 11.6 Å². The number of aromatic hydroxyl groups is 1. The molecule has 10 heteroatoms. The lowest BCUT2D eigenvalue weighted by molar-refractivity contribution is -0.660. The molecule has 2 heterocycles. The summed E-state index contributed by atoms with van der Waals surface area (Å²) in [7, 11) is 0. The van der Waals surface area contributed by atoms with Gasteiger partial charge in [0.2, 0.25) is 6.20 Å². The highest BCUT2D eigenvalue weighted by atomic mass is 19.4. The molecule has 0 spiro atoms. The Bertz CT molecular complexity index is 974. The molecule has 1 aromatic carbocycles. The van der Waals surface area contributed by atoms with Gasteiger partial charge in [-0.3, -0.25) is 4.79 Å². The second-order valence-electron chi connectivity index (χ2n) is 5.36. The molecule has 2 aromatic heterocycles. The number of anilines is 1. The van der Waals surface area contributed by atoms with Gasteiger partial charge in [-0.05, 0) is 35.0 Å². The minimum Gasteiger partial charge on any atom is -0.489 e. The van der Waals surface area contributed by atoms with Gasteiger partial charge in [0.05, 0.1) is 0 Å². The van der Waals surface area contributed by atoms with Gasteiger partial charge >= 0.3 is 6.18 Å². The number of rotatable bonds is 3. The first-order chi connectivity index (χ1) is 12.7. The van der Waals surface area contributed by atoms with Crippen molar-refractivity contribution in [2.24, 2.45) is 0 Å².